The molecule has 2 unspecified atom stereocenters. The van der Waals surface area contributed by atoms with Crippen molar-refractivity contribution in [2.75, 3.05) is 13.6 Å². The lowest BCUT2D eigenvalue weighted by Gasteiger charge is -2.38. The topological polar surface area (TPSA) is 3.24 Å². The normalized spacial score (nSPS) is 49.2. The number of fused-ring (bicyclic) bond motifs is 1. The fourth-order valence-electron chi connectivity index (χ4n) is 3.20. The first-order chi connectivity index (χ1) is 5.70. The molecule has 2 fully saturated rings. The van der Waals surface area contributed by atoms with Crippen LogP contribution in [-0.4, -0.2) is 24.5 Å². The van der Waals surface area contributed by atoms with Crippen LogP contribution in [0.2, 0.25) is 0 Å². The average molecular weight is 167 g/mol. The summed E-state index contributed by atoms with van der Waals surface area (Å²) in [5.41, 5.74) is 0. The molecule has 0 aromatic carbocycles. The van der Waals surface area contributed by atoms with E-state index < -0.39 is 0 Å². The first-order valence-electron chi connectivity index (χ1n) is 5.40. The summed E-state index contributed by atoms with van der Waals surface area (Å²) in [6.45, 7) is 6.23. The molecule has 0 aromatic rings. The van der Waals surface area contributed by atoms with E-state index in [0.717, 1.165) is 23.8 Å². The third-order valence-corrected chi connectivity index (χ3v) is 4.37. The summed E-state index contributed by atoms with van der Waals surface area (Å²) in [7, 11) is 2.30. The highest BCUT2D eigenvalue weighted by molar-refractivity contribution is 4.93. The van der Waals surface area contributed by atoms with Gasteiger partial charge in [0.05, 0.1) is 0 Å². The van der Waals surface area contributed by atoms with Gasteiger partial charge in [0, 0.05) is 6.04 Å². The van der Waals surface area contributed by atoms with Gasteiger partial charge in [-0.05, 0) is 50.6 Å². The Morgan fingerprint density at radius 2 is 1.83 bits per heavy atom. The van der Waals surface area contributed by atoms with Crippen molar-refractivity contribution in [1.82, 2.24) is 4.90 Å². The highest BCUT2D eigenvalue weighted by Crippen LogP contribution is 2.41. The molecule has 0 bridgehead atoms. The quantitative estimate of drug-likeness (QED) is 0.535. The molecule has 1 heteroatoms. The van der Waals surface area contributed by atoms with E-state index in [0.29, 0.717) is 0 Å². The second-order valence-electron chi connectivity index (χ2n) is 4.91. The minimum absolute atomic E-state index is 0.927. The predicted molar refractivity (Wildman–Crippen MR) is 52.1 cm³/mol. The lowest BCUT2D eigenvalue weighted by molar-refractivity contribution is 0.122. The Hall–Kier alpha value is -0.0400. The van der Waals surface area contributed by atoms with Gasteiger partial charge < -0.3 is 4.90 Å². The Kier molecular flexibility index (Phi) is 2.16. The van der Waals surface area contributed by atoms with Crippen molar-refractivity contribution in [3.05, 3.63) is 0 Å². The molecular formula is C11H21N. The van der Waals surface area contributed by atoms with Crippen LogP contribution in [0.1, 0.15) is 33.1 Å². The summed E-state index contributed by atoms with van der Waals surface area (Å²) in [6, 6.07) is 0.927. The minimum Gasteiger partial charge on any atom is -0.303 e. The van der Waals surface area contributed by atoms with Crippen LogP contribution in [0.5, 0.6) is 0 Å². The van der Waals surface area contributed by atoms with Gasteiger partial charge in [-0.3, -0.25) is 0 Å². The van der Waals surface area contributed by atoms with Gasteiger partial charge in [0.2, 0.25) is 0 Å². The summed E-state index contributed by atoms with van der Waals surface area (Å²) < 4.78 is 0. The standard InChI is InChI=1S/C11H21N/c1-8-4-5-11-10(9(8)2)6-7-12(11)3/h8-11H,4-7H2,1-3H3/t8-,9-,10?,11?/m0/s1. The van der Waals surface area contributed by atoms with Gasteiger partial charge in [-0.25, -0.2) is 0 Å². The first kappa shape index (κ1) is 8.55. The molecule has 4 atom stereocenters. The number of nitrogens with zero attached hydrogens (tertiary/aromatic N) is 1. The average Bonchev–Trinajstić information content (AvgIpc) is 2.41. The van der Waals surface area contributed by atoms with Crippen molar-refractivity contribution >= 4 is 0 Å². The lowest BCUT2D eigenvalue weighted by Crippen LogP contribution is -2.38. The Labute approximate surface area is 76.1 Å². The van der Waals surface area contributed by atoms with E-state index in [1.807, 2.05) is 0 Å². The Balaban J connectivity index is 2.09. The highest BCUT2D eigenvalue weighted by atomic mass is 15.2. The Morgan fingerprint density at radius 3 is 2.58 bits per heavy atom. The van der Waals surface area contributed by atoms with Gasteiger partial charge in [0.1, 0.15) is 0 Å². The van der Waals surface area contributed by atoms with Gasteiger partial charge in [-0.1, -0.05) is 13.8 Å². The van der Waals surface area contributed by atoms with Crippen molar-refractivity contribution in [3.63, 3.8) is 0 Å². The van der Waals surface area contributed by atoms with Crippen molar-refractivity contribution in [3.8, 4) is 0 Å². The first-order valence-corrected chi connectivity index (χ1v) is 5.40. The van der Waals surface area contributed by atoms with Gasteiger partial charge >= 0.3 is 0 Å². The number of likely N-dealkylation sites (tertiary alicyclic amines) is 1. The van der Waals surface area contributed by atoms with Crippen LogP contribution in [0.25, 0.3) is 0 Å². The zero-order valence-electron chi connectivity index (χ0n) is 8.59. The second kappa shape index (κ2) is 3.02. The summed E-state index contributed by atoms with van der Waals surface area (Å²) in [6.07, 6.45) is 4.35. The molecule has 1 saturated heterocycles. The molecule has 2 aliphatic rings. The van der Waals surface area contributed by atoms with Crippen molar-refractivity contribution in [2.45, 2.75) is 39.2 Å². The van der Waals surface area contributed by atoms with Gasteiger partial charge in [0.15, 0.2) is 0 Å². The van der Waals surface area contributed by atoms with Gasteiger partial charge in [-0.2, -0.15) is 0 Å². The van der Waals surface area contributed by atoms with Crippen LogP contribution in [0.15, 0.2) is 0 Å². The van der Waals surface area contributed by atoms with Crippen molar-refractivity contribution in [2.24, 2.45) is 17.8 Å². The van der Waals surface area contributed by atoms with Gasteiger partial charge in [-0.15, -0.1) is 0 Å². The van der Waals surface area contributed by atoms with E-state index >= 15 is 0 Å². The molecule has 0 radical (unpaired) electrons. The molecule has 0 N–H and O–H groups in total. The largest absolute Gasteiger partial charge is 0.303 e. The second-order valence-corrected chi connectivity index (χ2v) is 4.91. The molecule has 1 heterocycles. The molecule has 0 amide bonds. The maximum Gasteiger partial charge on any atom is 0.0124 e. The van der Waals surface area contributed by atoms with E-state index in [4.69, 9.17) is 0 Å². The molecule has 12 heavy (non-hydrogen) atoms. The van der Waals surface area contributed by atoms with E-state index in [1.54, 1.807) is 0 Å². The monoisotopic (exact) mass is 167 g/mol. The van der Waals surface area contributed by atoms with Crippen LogP contribution in [-0.2, 0) is 0 Å². The van der Waals surface area contributed by atoms with Crippen LogP contribution < -0.4 is 0 Å². The number of hydrogen-bond donors (Lipinski definition) is 0. The van der Waals surface area contributed by atoms with E-state index in [-0.39, 0.29) is 0 Å². The van der Waals surface area contributed by atoms with Crippen LogP contribution >= 0.6 is 0 Å². The summed E-state index contributed by atoms with van der Waals surface area (Å²) in [4.78, 5) is 2.58. The molecule has 0 spiro atoms. The van der Waals surface area contributed by atoms with Crippen LogP contribution in [0.4, 0.5) is 0 Å². The minimum atomic E-state index is 0.927. The maximum absolute atomic E-state index is 2.58. The molecule has 2 rings (SSSR count). The van der Waals surface area contributed by atoms with Crippen molar-refractivity contribution < 1.29 is 0 Å². The van der Waals surface area contributed by atoms with Crippen LogP contribution in [0.3, 0.4) is 0 Å². The zero-order valence-corrected chi connectivity index (χ0v) is 8.59. The molecule has 1 aliphatic heterocycles. The third kappa shape index (κ3) is 1.19. The highest BCUT2D eigenvalue weighted by Gasteiger charge is 2.40. The number of hydrogen-bond acceptors (Lipinski definition) is 1. The van der Waals surface area contributed by atoms with Crippen molar-refractivity contribution in [1.29, 1.82) is 0 Å². The molecular weight excluding hydrogens is 146 g/mol. The Bertz CT molecular complexity index is 166. The van der Waals surface area contributed by atoms with E-state index in [1.165, 1.54) is 25.8 Å². The fourth-order valence-corrected chi connectivity index (χ4v) is 3.20. The fraction of sp³-hybridized carbons (Fsp3) is 1.00. The molecule has 1 aliphatic carbocycles. The predicted octanol–water partition coefficient (Wildman–Crippen LogP) is 2.37. The van der Waals surface area contributed by atoms with E-state index in [9.17, 15) is 0 Å². The molecule has 0 aromatic heterocycles. The molecule has 1 nitrogen and oxygen atoms in total. The zero-order chi connectivity index (χ0) is 8.72. The molecule has 1 saturated carbocycles. The maximum atomic E-state index is 2.58. The molecule has 70 valence electrons. The third-order valence-electron chi connectivity index (χ3n) is 4.37. The summed E-state index contributed by atoms with van der Waals surface area (Å²) >= 11 is 0. The van der Waals surface area contributed by atoms with Crippen LogP contribution in [0, 0.1) is 17.8 Å². The summed E-state index contributed by atoms with van der Waals surface area (Å²) in [5, 5.41) is 0. The van der Waals surface area contributed by atoms with E-state index in [2.05, 4.69) is 25.8 Å². The number of rotatable bonds is 0. The lowest BCUT2D eigenvalue weighted by atomic mass is 9.71. The Morgan fingerprint density at radius 1 is 1.08 bits per heavy atom. The summed E-state index contributed by atoms with van der Waals surface area (Å²) in [5.74, 6) is 2.95. The smallest absolute Gasteiger partial charge is 0.0124 e. The SMILES string of the molecule is C[C@@H]1C2CCN(C)C2CC[C@@H]1C. The van der Waals surface area contributed by atoms with Gasteiger partial charge in [0.25, 0.3) is 0 Å².